The highest BCUT2D eigenvalue weighted by Gasteiger charge is 2.29. The summed E-state index contributed by atoms with van der Waals surface area (Å²) in [5, 5.41) is 0.948. The number of carbonyl (C=O) groups is 1. The van der Waals surface area contributed by atoms with Crippen LogP contribution in [0.5, 0.6) is 0 Å². The minimum Gasteiger partial charge on any atom is -0.443 e. The molecule has 1 aliphatic rings. The quantitative estimate of drug-likeness (QED) is 0.790. The molecule has 2 heterocycles. The molecule has 1 N–H and O–H groups in total. The zero-order valence-electron chi connectivity index (χ0n) is 18.1. The minimum atomic E-state index is -3.99. The highest BCUT2D eigenvalue weighted by Crippen LogP contribution is 2.26. The fourth-order valence-electron chi connectivity index (χ4n) is 3.37. The van der Waals surface area contributed by atoms with Gasteiger partial charge in [0, 0.05) is 31.6 Å². The van der Waals surface area contributed by atoms with E-state index in [9.17, 15) is 13.2 Å². The van der Waals surface area contributed by atoms with Gasteiger partial charge in [-0.3, -0.25) is 0 Å². The number of fused-ring (bicyclic) bond motifs is 1. The SMILES string of the molecule is Cc1cc2ncnc(N3CCCN(S(=O)(=O)NC(=O)OC(C)(C)C)CC3)c2cc1C. The molecule has 3 rings (SSSR count). The molecule has 0 saturated carbocycles. The Balaban J connectivity index is 1.76. The van der Waals surface area contributed by atoms with Crippen LogP contribution in [0.2, 0.25) is 0 Å². The van der Waals surface area contributed by atoms with Crippen LogP contribution in [-0.2, 0) is 14.9 Å². The molecular formula is C20H29N5O4S. The molecule has 164 valence electrons. The third-order valence-corrected chi connectivity index (χ3v) is 6.40. The van der Waals surface area contributed by atoms with Crippen molar-refractivity contribution in [1.29, 1.82) is 0 Å². The van der Waals surface area contributed by atoms with Crippen molar-refractivity contribution in [2.24, 2.45) is 0 Å². The van der Waals surface area contributed by atoms with Crippen molar-refractivity contribution < 1.29 is 17.9 Å². The first kappa shape index (κ1) is 22.2. The fourth-order valence-corrected chi connectivity index (χ4v) is 4.44. The zero-order chi connectivity index (χ0) is 22.1. The van der Waals surface area contributed by atoms with Crippen molar-refractivity contribution in [3.8, 4) is 0 Å². The zero-order valence-corrected chi connectivity index (χ0v) is 18.9. The van der Waals surface area contributed by atoms with E-state index >= 15 is 0 Å². The molecule has 0 spiro atoms. The normalized spacial score (nSPS) is 16.4. The fraction of sp³-hybridized carbons (Fsp3) is 0.550. The van der Waals surface area contributed by atoms with Crippen LogP contribution in [0.25, 0.3) is 10.9 Å². The van der Waals surface area contributed by atoms with Gasteiger partial charge >= 0.3 is 16.3 Å². The Morgan fingerprint density at radius 3 is 2.47 bits per heavy atom. The van der Waals surface area contributed by atoms with Gasteiger partial charge in [-0.25, -0.2) is 19.5 Å². The Bertz CT molecular complexity index is 1050. The molecule has 1 amide bonds. The molecule has 1 aromatic heterocycles. The Labute approximate surface area is 177 Å². The van der Waals surface area contributed by atoms with Gasteiger partial charge in [-0.15, -0.1) is 0 Å². The topological polar surface area (TPSA) is 105 Å². The van der Waals surface area contributed by atoms with Crippen LogP contribution >= 0.6 is 0 Å². The largest absolute Gasteiger partial charge is 0.443 e. The number of anilines is 1. The monoisotopic (exact) mass is 435 g/mol. The number of nitrogens with one attached hydrogen (secondary N) is 1. The Hall–Kier alpha value is -2.46. The lowest BCUT2D eigenvalue weighted by Crippen LogP contribution is -2.46. The van der Waals surface area contributed by atoms with E-state index in [1.807, 2.05) is 24.6 Å². The number of aromatic nitrogens is 2. The van der Waals surface area contributed by atoms with Crippen LogP contribution in [0.3, 0.4) is 0 Å². The lowest BCUT2D eigenvalue weighted by molar-refractivity contribution is 0.0567. The molecule has 9 nitrogen and oxygen atoms in total. The maximum Gasteiger partial charge on any atom is 0.422 e. The van der Waals surface area contributed by atoms with E-state index in [1.54, 1.807) is 20.8 Å². The number of hydrogen-bond acceptors (Lipinski definition) is 7. The van der Waals surface area contributed by atoms with Gasteiger partial charge in [-0.2, -0.15) is 12.7 Å². The Kier molecular flexibility index (Phi) is 6.19. The Morgan fingerprint density at radius 1 is 1.07 bits per heavy atom. The lowest BCUT2D eigenvalue weighted by Gasteiger charge is -2.24. The van der Waals surface area contributed by atoms with Crippen LogP contribution < -0.4 is 9.62 Å². The molecule has 10 heteroatoms. The van der Waals surface area contributed by atoms with Gasteiger partial charge in [-0.05, 0) is 64.3 Å². The highest BCUT2D eigenvalue weighted by atomic mass is 32.2. The molecule has 0 atom stereocenters. The van der Waals surface area contributed by atoms with E-state index in [0.29, 0.717) is 26.1 Å². The summed E-state index contributed by atoms with van der Waals surface area (Å²) in [6, 6.07) is 4.11. The number of rotatable bonds is 3. The van der Waals surface area contributed by atoms with Crippen molar-refractivity contribution in [3.63, 3.8) is 0 Å². The van der Waals surface area contributed by atoms with Crippen LogP contribution in [0, 0.1) is 13.8 Å². The summed E-state index contributed by atoms with van der Waals surface area (Å²) in [4.78, 5) is 22.8. The maximum absolute atomic E-state index is 12.6. The van der Waals surface area contributed by atoms with Crippen molar-refractivity contribution in [3.05, 3.63) is 29.6 Å². The van der Waals surface area contributed by atoms with Crippen molar-refractivity contribution in [2.45, 2.75) is 46.6 Å². The highest BCUT2D eigenvalue weighted by molar-refractivity contribution is 7.87. The molecule has 0 radical (unpaired) electrons. The smallest absolute Gasteiger partial charge is 0.422 e. The van der Waals surface area contributed by atoms with Crippen LogP contribution in [0.15, 0.2) is 18.5 Å². The minimum absolute atomic E-state index is 0.231. The second-order valence-corrected chi connectivity index (χ2v) is 10.2. The van der Waals surface area contributed by atoms with E-state index in [0.717, 1.165) is 27.8 Å². The van der Waals surface area contributed by atoms with Gasteiger partial charge in [0.05, 0.1) is 5.52 Å². The number of amides is 1. The molecule has 0 aliphatic carbocycles. The number of ether oxygens (including phenoxy) is 1. The van der Waals surface area contributed by atoms with Gasteiger partial charge in [0.1, 0.15) is 17.7 Å². The summed E-state index contributed by atoms with van der Waals surface area (Å²) >= 11 is 0. The summed E-state index contributed by atoms with van der Waals surface area (Å²) < 4.78 is 33.6. The molecule has 0 unspecified atom stereocenters. The second kappa shape index (κ2) is 8.35. The molecule has 1 saturated heterocycles. The first-order chi connectivity index (χ1) is 14.0. The molecule has 2 aromatic rings. The van der Waals surface area contributed by atoms with Crippen molar-refractivity contribution >= 4 is 33.0 Å². The maximum atomic E-state index is 12.6. The summed E-state index contributed by atoms with van der Waals surface area (Å²) in [5.41, 5.74) is 2.40. The van der Waals surface area contributed by atoms with Gasteiger partial charge in [0.2, 0.25) is 0 Å². The predicted molar refractivity (Wildman–Crippen MR) is 116 cm³/mol. The van der Waals surface area contributed by atoms with Crippen molar-refractivity contribution in [2.75, 3.05) is 31.1 Å². The summed E-state index contributed by atoms with van der Waals surface area (Å²) in [7, 11) is -3.99. The van der Waals surface area contributed by atoms with Crippen LogP contribution in [-0.4, -0.2) is 60.6 Å². The van der Waals surface area contributed by atoms with E-state index < -0.39 is 21.9 Å². The van der Waals surface area contributed by atoms with Crippen molar-refractivity contribution in [1.82, 2.24) is 19.0 Å². The summed E-state index contributed by atoms with van der Waals surface area (Å²) in [6.07, 6.45) is 1.16. The van der Waals surface area contributed by atoms with E-state index in [2.05, 4.69) is 20.9 Å². The number of hydrogen-bond donors (Lipinski definition) is 1. The van der Waals surface area contributed by atoms with Gasteiger partial charge in [0.25, 0.3) is 0 Å². The third-order valence-electron chi connectivity index (χ3n) is 4.94. The lowest BCUT2D eigenvalue weighted by atomic mass is 10.1. The standard InChI is InChI=1S/C20H29N5O4S/c1-14-11-16-17(12-15(14)2)21-13-22-18(16)24-7-6-8-25(10-9-24)30(27,28)23-19(26)29-20(3,4)5/h11-13H,6-10H2,1-5H3,(H,23,26). The molecule has 1 aromatic carbocycles. The molecule has 1 aliphatic heterocycles. The summed E-state index contributed by atoms with van der Waals surface area (Å²) in [5.74, 6) is 0.794. The van der Waals surface area contributed by atoms with Crippen LogP contribution in [0.1, 0.15) is 38.3 Å². The van der Waals surface area contributed by atoms with Gasteiger partial charge in [0.15, 0.2) is 0 Å². The predicted octanol–water partition coefficient (Wildman–Crippen LogP) is 2.53. The first-order valence-corrected chi connectivity index (χ1v) is 11.4. The Morgan fingerprint density at radius 2 is 1.77 bits per heavy atom. The average Bonchev–Trinajstić information content (AvgIpc) is 2.87. The van der Waals surface area contributed by atoms with Gasteiger partial charge in [-0.1, -0.05) is 0 Å². The second-order valence-electron chi connectivity index (χ2n) is 8.50. The first-order valence-electron chi connectivity index (χ1n) is 9.94. The molecule has 30 heavy (non-hydrogen) atoms. The molecule has 1 fully saturated rings. The van der Waals surface area contributed by atoms with Gasteiger partial charge < -0.3 is 9.64 Å². The summed E-state index contributed by atoms with van der Waals surface area (Å²) in [6.45, 7) is 10.8. The van der Waals surface area contributed by atoms with E-state index in [1.165, 1.54) is 10.6 Å². The van der Waals surface area contributed by atoms with E-state index in [-0.39, 0.29) is 6.54 Å². The number of benzene rings is 1. The number of aryl methyl sites for hydroxylation is 2. The average molecular weight is 436 g/mol. The number of nitrogens with zero attached hydrogens (tertiary/aromatic N) is 4. The molecule has 0 bridgehead atoms. The van der Waals surface area contributed by atoms with Crippen LogP contribution in [0.4, 0.5) is 10.6 Å². The third kappa shape index (κ3) is 5.17. The number of carbonyl (C=O) groups excluding carboxylic acids is 1. The van der Waals surface area contributed by atoms with E-state index in [4.69, 9.17) is 4.74 Å². The molecular weight excluding hydrogens is 406 g/mol.